The highest BCUT2D eigenvalue weighted by molar-refractivity contribution is 6.74. The number of carbonyl (C=O) groups excluding carboxylic acids is 2. The second-order valence-corrected chi connectivity index (χ2v) is 15.1. The molecule has 0 radical (unpaired) electrons. The summed E-state index contributed by atoms with van der Waals surface area (Å²) >= 11 is 0. The van der Waals surface area contributed by atoms with Crippen LogP contribution in [0.5, 0.6) is 11.5 Å². The molecular weight excluding hydrogens is 398 g/mol. The zero-order chi connectivity index (χ0) is 22.9. The summed E-state index contributed by atoms with van der Waals surface area (Å²) < 4.78 is 17.7. The van der Waals surface area contributed by atoms with E-state index in [1.165, 1.54) is 0 Å². The Balaban J connectivity index is 2.45. The van der Waals surface area contributed by atoms with E-state index in [4.69, 9.17) is 13.9 Å². The van der Waals surface area contributed by atoms with Crippen molar-refractivity contribution >= 4 is 20.7 Å². The molecule has 0 aromatic heterocycles. The van der Waals surface area contributed by atoms with Gasteiger partial charge in [-0.2, -0.15) is 0 Å². The van der Waals surface area contributed by atoms with Gasteiger partial charge in [0.15, 0.2) is 5.75 Å². The SMILES string of the molecule is COc1cc2c(cc1O[Si](C)(C)C(C)(C)C)CCN(C(=O)OC(C)(C)C)[C@@H]2CC=O. The minimum absolute atomic E-state index is 0.0570. The highest BCUT2D eigenvalue weighted by atomic mass is 28.4. The van der Waals surface area contributed by atoms with Gasteiger partial charge in [-0.3, -0.25) is 0 Å². The molecule has 1 aromatic rings. The van der Waals surface area contributed by atoms with E-state index in [0.717, 1.165) is 23.2 Å². The van der Waals surface area contributed by atoms with E-state index in [9.17, 15) is 9.59 Å². The predicted molar refractivity (Wildman–Crippen MR) is 121 cm³/mol. The molecule has 0 fully saturated rings. The Morgan fingerprint density at radius 1 is 1.17 bits per heavy atom. The quantitative estimate of drug-likeness (QED) is 0.451. The Bertz CT molecular complexity index is 792. The summed E-state index contributed by atoms with van der Waals surface area (Å²) in [6.07, 6.45) is 1.32. The summed E-state index contributed by atoms with van der Waals surface area (Å²) in [5.41, 5.74) is 1.40. The zero-order valence-corrected chi connectivity index (χ0v) is 20.9. The second kappa shape index (κ2) is 8.61. The molecule has 1 heterocycles. The third-order valence-corrected chi connectivity index (χ3v) is 10.2. The van der Waals surface area contributed by atoms with Gasteiger partial charge >= 0.3 is 6.09 Å². The molecule has 168 valence electrons. The van der Waals surface area contributed by atoms with Crippen molar-refractivity contribution in [3.8, 4) is 11.5 Å². The standard InChI is InChI=1S/C23H37NO5Si/c1-22(2,3)28-21(26)24-12-10-16-14-20(29-30(8,9)23(4,5)6)19(27-7)15-17(16)18(24)11-13-25/h13-15,18H,10-12H2,1-9H3/t18-/m1/s1. The number of hydrogen-bond acceptors (Lipinski definition) is 5. The fraction of sp³-hybridized carbons (Fsp3) is 0.652. The van der Waals surface area contributed by atoms with Crippen LogP contribution < -0.4 is 9.16 Å². The molecule has 0 saturated carbocycles. The molecule has 1 aliphatic rings. The lowest BCUT2D eigenvalue weighted by molar-refractivity contribution is -0.109. The van der Waals surface area contributed by atoms with Crippen LogP contribution in [-0.4, -0.2) is 44.9 Å². The van der Waals surface area contributed by atoms with Crippen molar-refractivity contribution in [1.82, 2.24) is 4.90 Å². The zero-order valence-electron chi connectivity index (χ0n) is 19.9. The third kappa shape index (κ3) is 5.36. The van der Waals surface area contributed by atoms with Gasteiger partial charge in [-0.15, -0.1) is 0 Å². The summed E-state index contributed by atoms with van der Waals surface area (Å²) in [6.45, 7) is 17.0. The molecule has 0 spiro atoms. The lowest BCUT2D eigenvalue weighted by Crippen LogP contribution is -2.44. The number of benzene rings is 1. The second-order valence-electron chi connectivity index (χ2n) is 10.4. The molecule has 7 heteroatoms. The Labute approximate surface area is 182 Å². The normalized spacial score (nSPS) is 17.2. The van der Waals surface area contributed by atoms with Crippen LogP contribution in [0.25, 0.3) is 0 Å². The van der Waals surface area contributed by atoms with Crippen LogP contribution >= 0.6 is 0 Å². The predicted octanol–water partition coefficient (Wildman–Crippen LogP) is 5.50. The molecule has 0 bridgehead atoms. The highest BCUT2D eigenvalue weighted by Crippen LogP contribution is 2.43. The van der Waals surface area contributed by atoms with Gasteiger partial charge in [-0.1, -0.05) is 20.8 Å². The summed E-state index contributed by atoms with van der Waals surface area (Å²) in [5, 5.41) is 0.0570. The molecule has 0 unspecified atom stereocenters. The Morgan fingerprint density at radius 2 is 1.80 bits per heavy atom. The van der Waals surface area contributed by atoms with Crippen LogP contribution in [0.3, 0.4) is 0 Å². The van der Waals surface area contributed by atoms with Crippen LogP contribution in [0.15, 0.2) is 12.1 Å². The number of ether oxygens (including phenoxy) is 2. The molecule has 30 heavy (non-hydrogen) atoms. The van der Waals surface area contributed by atoms with Crippen LogP contribution in [-0.2, 0) is 16.0 Å². The van der Waals surface area contributed by atoms with E-state index in [1.807, 2.05) is 32.9 Å². The van der Waals surface area contributed by atoms with Crippen LogP contribution in [0.1, 0.15) is 65.1 Å². The molecule has 2 rings (SSSR count). The van der Waals surface area contributed by atoms with E-state index in [0.29, 0.717) is 18.7 Å². The molecule has 1 amide bonds. The fourth-order valence-corrected chi connectivity index (χ4v) is 4.28. The topological polar surface area (TPSA) is 65.1 Å². The van der Waals surface area contributed by atoms with E-state index < -0.39 is 20.0 Å². The number of nitrogens with zero attached hydrogens (tertiary/aromatic N) is 1. The van der Waals surface area contributed by atoms with Crippen LogP contribution in [0.2, 0.25) is 18.1 Å². The third-order valence-electron chi connectivity index (χ3n) is 5.90. The van der Waals surface area contributed by atoms with Gasteiger partial charge < -0.3 is 23.6 Å². The molecule has 6 nitrogen and oxygen atoms in total. The van der Waals surface area contributed by atoms with Crippen molar-refractivity contribution in [3.05, 3.63) is 23.3 Å². The minimum Gasteiger partial charge on any atom is -0.541 e. The smallest absolute Gasteiger partial charge is 0.410 e. The van der Waals surface area contributed by atoms with E-state index in [2.05, 4.69) is 33.9 Å². The van der Waals surface area contributed by atoms with Gasteiger partial charge in [0.2, 0.25) is 0 Å². The first-order chi connectivity index (χ1) is 13.7. The summed E-state index contributed by atoms with van der Waals surface area (Å²) in [5.74, 6) is 1.36. The van der Waals surface area contributed by atoms with Gasteiger partial charge in [-0.25, -0.2) is 4.79 Å². The lowest BCUT2D eigenvalue weighted by atomic mass is 9.90. The highest BCUT2D eigenvalue weighted by Gasteiger charge is 2.40. The average molecular weight is 436 g/mol. The van der Waals surface area contributed by atoms with Crippen molar-refractivity contribution < 1.29 is 23.5 Å². The van der Waals surface area contributed by atoms with Crippen LogP contribution in [0.4, 0.5) is 4.79 Å². The largest absolute Gasteiger partial charge is 0.541 e. The van der Waals surface area contributed by atoms with Crippen LogP contribution in [0, 0.1) is 0 Å². The van der Waals surface area contributed by atoms with Crippen molar-refractivity contribution in [2.24, 2.45) is 0 Å². The summed E-state index contributed by atoms with van der Waals surface area (Å²) in [6, 6.07) is 3.57. The Kier molecular flexibility index (Phi) is 6.96. The summed E-state index contributed by atoms with van der Waals surface area (Å²) in [4.78, 5) is 25.8. The van der Waals surface area contributed by atoms with Crippen molar-refractivity contribution in [2.45, 2.75) is 84.2 Å². The molecular formula is C23H37NO5Si. The maximum atomic E-state index is 12.8. The van der Waals surface area contributed by atoms with Crippen molar-refractivity contribution in [2.75, 3.05) is 13.7 Å². The van der Waals surface area contributed by atoms with Gasteiger partial charge in [0.1, 0.15) is 17.6 Å². The molecule has 1 atom stereocenters. The molecule has 0 saturated heterocycles. The fourth-order valence-electron chi connectivity index (χ4n) is 3.26. The number of hydrogen-bond donors (Lipinski definition) is 0. The Hall–Kier alpha value is -2.02. The monoisotopic (exact) mass is 435 g/mol. The molecule has 1 aromatic carbocycles. The lowest BCUT2D eigenvalue weighted by Gasteiger charge is -2.39. The summed E-state index contributed by atoms with van der Waals surface area (Å²) in [7, 11) is -0.435. The van der Waals surface area contributed by atoms with E-state index >= 15 is 0 Å². The average Bonchev–Trinajstić information content (AvgIpc) is 2.58. The van der Waals surface area contributed by atoms with E-state index in [1.54, 1.807) is 12.0 Å². The van der Waals surface area contributed by atoms with Gasteiger partial charge in [0.05, 0.1) is 13.2 Å². The number of amides is 1. The van der Waals surface area contributed by atoms with Crippen molar-refractivity contribution in [1.29, 1.82) is 0 Å². The number of methoxy groups -OCH3 is 1. The number of carbonyl (C=O) groups is 2. The van der Waals surface area contributed by atoms with E-state index in [-0.39, 0.29) is 17.5 Å². The Morgan fingerprint density at radius 3 is 2.30 bits per heavy atom. The van der Waals surface area contributed by atoms with Gasteiger partial charge in [0.25, 0.3) is 8.32 Å². The molecule has 1 aliphatic heterocycles. The minimum atomic E-state index is -2.05. The van der Waals surface area contributed by atoms with Gasteiger partial charge in [-0.05, 0) is 68.6 Å². The number of aldehydes is 1. The maximum Gasteiger partial charge on any atom is 0.410 e. The molecule has 0 N–H and O–H groups in total. The van der Waals surface area contributed by atoms with Gasteiger partial charge in [0, 0.05) is 13.0 Å². The maximum absolute atomic E-state index is 12.8. The number of fused-ring (bicyclic) bond motifs is 1. The first-order valence-corrected chi connectivity index (χ1v) is 13.4. The van der Waals surface area contributed by atoms with Crippen molar-refractivity contribution in [3.63, 3.8) is 0 Å². The molecule has 0 aliphatic carbocycles. The first kappa shape index (κ1) is 24.2. The first-order valence-electron chi connectivity index (χ1n) is 10.5. The number of rotatable bonds is 5.